The van der Waals surface area contributed by atoms with Crippen molar-refractivity contribution in [3.05, 3.63) is 42.5 Å². The first-order valence-corrected chi connectivity index (χ1v) is 9.91. The van der Waals surface area contributed by atoms with Crippen molar-refractivity contribution in [1.29, 1.82) is 0 Å². The summed E-state index contributed by atoms with van der Waals surface area (Å²) in [5.74, 6) is 2.42. The highest BCUT2D eigenvalue weighted by atomic mass is 32.1. The Hall–Kier alpha value is -2.67. The number of anilines is 2. The van der Waals surface area contributed by atoms with E-state index in [1.807, 2.05) is 30.3 Å². The second-order valence-corrected chi connectivity index (χ2v) is 7.36. The number of ether oxygens (including phenoxy) is 3. The van der Waals surface area contributed by atoms with Crippen LogP contribution in [0, 0.1) is 0 Å². The molecule has 0 amide bonds. The summed E-state index contributed by atoms with van der Waals surface area (Å²) in [5, 5.41) is 4.07. The monoisotopic (exact) mass is 399 g/mol. The van der Waals surface area contributed by atoms with Crippen molar-refractivity contribution < 1.29 is 14.2 Å². The van der Waals surface area contributed by atoms with Gasteiger partial charge in [-0.3, -0.25) is 0 Å². The minimum Gasteiger partial charge on any atom is -0.497 e. The molecule has 28 heavy (non-hydrogen) atoms. The van der Waals surface area contributed by atoms with Crippen molar-refractivity contribution >= 4 is 28.7 Å². The molecule has 0 saturated carbocycles. The molecule has 1 N–H and O–H groups in total. The van der Waals surface area contributed by atoms with Gasteiger partial charge in [0, 0.05) is 43.1 Å². The van der Waals surface area contributed by atoms with E-state index in [9.17, 15) is 0 Å². The molecular weight excluding hydrogens is 374 g/mol. The number of nitrogens with one attached hydrogen (secondary N) is 1. The molecule has 2 aromatic carbocycles. The minimum absolute atomic E-state index is 0.349. The van der Waals surface area contributed by atoms with Crippen molar-refractivity contribution in [2.75, 3.05) is 50.2 Å². The van der Waals surface area contributed by atoms with Gasteiger partial charge >= 0.3 is 0 Å². The molecule has 2 aromatic rings. The molecule has 7 heteroatoms. The Labute approximate surface area is 171 Å². The molecule has 1 saturated heterocycles. The van der Waals surface area contributed by atoms with E-state index in [1.165, 1.54) is 5.69 Å². The Balaban J connectivity index is 1.37. The number of hydrogen-bond donors (Lipinski definition) is 1. The van der Waals surface area contributed by atoms with E-state index in [4.69, 9.17) is 26.4 Å². The molecule has 0 bridgehead atoms. The molecule has 0 radical (unpaired) electrons. The lowest BCUT2D eigenvalue weighted by Crippen LogP contribution is -2.54. The Morgan fingerprint density at radius 1 is 1.07 bits per heavy atom. The molecule has 2 aliphatic rings. The molecular formula is C21H25N3O3S. The lowest BCUT2D eigenvalue weighted by atomic mass is 10.1. The van der Waals surface area contributed by atoms with Crippen LogP contribution in [-0.4, -0.2) is 56.0 Å². The quantitative estimate of drug-likeness (QED) is 0.794. The zero-order valence-corrected chi connectivity index (χ0v) is 17.0. The molecule has 4 rings (SSSR count). The summed E-state index contributed by atoms with van der Waals surface area (Å²) in [6, 6.07) is 14.4. The maximum absolute atomic E-state index is 5.66. The van der Waals surface area contributed by atoms with Crippen molar-refractivity contribution in [3.8, 4) is 17.2 Å². The Kier molecular flexibility index (Phi) is 5.43. The standard InChI is InChI=1S/C21H25N3O3S/c1-15-14-23(9-10-24(15)17-4-6-18(25-2)7-5-17)21(28)22-16-3-8-19-20(13-16)27-12-11-26-19/h3-8,13,15H,9-12,14H2,1-2H3,(H,22,28). The lowest BCUT2D eigenvalue weighted by Gasteiger charge is -2.42. The van der Waals surface area contributed by atoms with Crippen LogP contribution in [0.1, 0.15) is 6.92 Å². The molecule has 1 atom stereocenters. The largest absolute Gasteiger partial charge is 0.497 e. The van der Waals surface area contributed by atoms with Gasteiger partial charge in [0.15, 0.2) is 16.6 Å². The van der Waals surface area contributed by atoms with E-state index in [2.05, 4.69) is 34.2 Å². The first kappa shape index (κ1) is 18.7. The summed E-state index contributed by atoms with van der Waals surface area (Å²) in [7, 11) is 1.69. The van der Waals surface area contributed by atoms with Crippen LogP contribution in [0.5, 0.6) is 17.2 Å². The number of benzene rings is 2. The maximum Gasteiger partial charge on any atom is 0.173 e. The summed E-state index contributed by atoms with van der Waals surface area (Å²) in [4.78, 5) is 4.62. The van der Waals surface area contributed by atoms with Crippen LogP contribution in [0.15, 0.2) is 42.5 Å². The highest BCUT2D eigenvalue weighted by Gasteiger charge is 2.25. The van der Waals surface area contributed by atoms with Gasteiger partial charge in [0.2, 0.25) is 0 Å². The zero-order chi connectivity index (χ0) is 19.5. The summed E-state index contributed by atoms with van der Waals surface area (Å²) in [5.41, 5.74) is 2.12. The van der Waals surface area contributed by atoms with Gasteiger partial charge in [-0.15, -0.1) is 0 Å². The zero-order valence-electron chi connectivity index (χ0n) is 16.2. The van der Waals surface area contributed by atoms with E-state index in [0.29, 0.717) is 19.3 Å². The van der Waals surface area contributed by atoms with E-state index in [0.717, 1.165) is 47.7 Å². The normalized spacial score (nSPS) is 18.6. The molecule has 6 nitrogen and oxygen atoms in total. The first-order valence-electron chi connectivity index (χ1n) is 9.50. The van der Waals surface area contributed by atoms with Gasteiger partial charge in [0.25, 0.3) is 0 Å². The third-order valence-corrected chi connectivity index (χ3v) is 5.47. The molecule has 0 spiro atoms. The SMILES string of the molecule is COc1ccc(N2CCN(C(=S)Nc3ccc4c(c3)OCCO4)CC2C)cc1. The summed E-state index contributed by atoms with van der Waals surface area (Å²) >= 11 is 5.66. The van der Waals surface area contributed by atoms with Crippen LogP contribution < -0.4 is 24.4 Å². The minimum atomic E-state index is 0.349. The summed E-state index contributed by atoms with van der Waals surface area (Å²) in [6.07, 6.45) is 0. The number of thiocarbonyl (C=S) groups is 1. The van der Waals surface area contributed by atoms with E-state index in [1.54, 1.807) is 7.11 Å². The average molecular weight is 400 g/mol. The van der Waals surface area contributed by atoms with Crippen molar-refractivity contribution in [3.63, 3.8) is 0 Å². The van der Waals surface area contributed by atoms with Gasteiger partial charge in [-0.2, -0.15) is 0 Å². The van der Waals surface area contributed by atoms with Crippen molar-refractivity contribution in [2.45, 2.75) is 13.0 Å². The Morgan fingerprint density at radius 3 is 2.54 bits per heavy atom. The van der Waals surface area contributed by atoms with Gasteiger partial charge in [-0.25, -0.2) is 0 Å². The van der Waals surface area contributed by atoms with Crippen LogP contribution in [0.4, 0.5) is 11.4 Å². The van der Waals surface area contributed by atoms with Crippen LogP contribution in [0.3, 0.4) is 0 Å². The van der Waals surface area contributed by atoms with Crippen LogP contribution in [-0.2, 0) is 0 Å². The van der Waals surface area contributed by atoms with Gasteiger partial charge in [0.1, 0.15) is 19.0 Å². The predicted octanol–water partition coefficient (Wildman–Crippen LogP) is 3.37. The van der Waals surface area contributed by atoms with E-state index < -0.39 is 0 Å². The fourth-order valence-electron chi connectivity index (χ4n) is 3.62. The third kappa shape index (κ3) is 3.94. The second-order valence-electron chi connectivity index (χ2n) is 6.98. The summed E-state index contributed by atoms with van der Waals surface area (Å²) in [6.45, 7) is 6.04. The topological polar surface area (TPSA) is 46.2 Å². The van der Waals surface area contributed by atoms with Crippen LogP contribution >= 0.6 is 12.2 Å². The van der Waals surface area contributed by atoms with Crippen molar-refractivity contribution in [1.82, 2.24) is 4.90 Å². The number of fused-ring (bicyclic) bond motifs is 1. The number of nitrogens with zero attached hydrogens (tertiary/aromatic N) is 2. The predicted molar refractivity (Wildman–Crippen MR) is 115 cm³/mol. The third-order valence-electron chi connectivity index (χ3n) is 5.11. The second kappa shape index (κ2) is 8.14. The molecule has 1 unspecified atom stereocenters. The van der Waals surface area contributed by atoms with Gasteiger partial charge in [-0.05, 0) is 55.5 Å². The fourth-order valence-corrected chi connectivity index (χ4v) is 3.91. The lowest BCUT2D eigenvalue weighted by molar-refractivity contribution is 0.171. The highest BCUT2D eigenvalue weighted by molar-refractivity contribution is 7.80. The van der Waals surface area contributed by atoms with Crippen LogP contribution in [0.2, 0.25) is 0 Å². The van der Waals surface area contributed by atoms with Crippen molar-refractivity contribution in [2.24, 2.45) is 0 Å². The Morgan fingerprint density at radius 2 is 1.82 bits per heavy atom. The molecule has 2 heterocycles. The highest BCUT2D eigenvalue weighted by Crippen LogP contribution is 2.32. The maximum atomic E-state index is 5.66. The van der Waals surface area contributed by atoms with E-state index in [-0.39, 0.29) is 0 Å². The molecule has 1 fully saturated rings. The molecule has 2 aliphatic heterocycles. The smallest absolute Gasteiger partial charge is 0.173 e. The molecule has 0 aliphatic carbocycles. The van der Waals surface area contributed by atoms with Crippen LogP contribution in [0.25, 0.3) is 0 Å². The van der Waals surface area contributed by atoms with Gasteiger partial charge < -0.3 is 29.3 Å². The first-order chi connectivity index (χ1) is 13.6. The van der Waals surface area contributed by atoms with E-state index >= 15 is 0 Å². The molecule has 0 aromatic heterocycles. The summed E-state index contributed by atoms with van der Waals surface area (Å²) < 4.78 is 16.5. The number of piperazine rings is 1. The number of rotatable bonds is 3. The van der Waals surface area contributed by atoms with Gasteiger partial charge in [0.05, 0.1) is 7.11 Å². The number of hydrogen-bond acceptors (Lipinski definition) is 5. The molecule has 148 valence electrons. The number of methoxy groups -OCH3 is 1. The average Bonchev–Trinajstić information content (AvgIpc) is 2.73. The van der Waals surface area contributed by atoms with Gasteiger partial charge in [-0.1, -0.05) is 0 Å². The Bertz CT molecular complexity index is 843. The fraction of sp³-hybridized carbons (Fsp3) is 0.381.